The number of aromatic nitrogens is 1. The van der Waals surface area contributed by atoms with E-state index in [0.717, 1.165) is 87.0 Å². The zero-order valence-electron chi connectivity index (χ0n) is 44.1. The molecular formula is C61H81N3O6. The van der Waals surface area contributed by atoms with Crippen LogP contribution in [0.15, 0.2) is 96.6 Å². The van der Waals surface area contributed by atoms with Gasteiger partial charge in [0.05, 0.1) is 31.3 Å². The molecule has 0 spiro atoms. The average Bonchev–Trinajstić information content (AvgIpc) is 3.35. The Morgan fingerprint density at radius 1 is 0.714 bits per heavy atom. The lowest BCUT2D eigenvalue weighted by Crippen LogP contribution is -2.48. The van der Waals surface area contributed by atoms with Crippen LogP contribution in [0.2, 0.25) is 0 Å². The molecule has 5 aromatic rings. The van der Waals surface area contributed by atoms with Crippen molar-refractivity contribution in [2.75, 3.05) is 31.0 Å². The molecule has 0 radical (unpaired) electrons. The number of nitrogens with zero attached hydrogens (tertiary/aromatic N) is 2. The molecule has 0 aliphatic heterocycles. The number of hydrogen-bond acceptors (Lipinski definition) is 9. The molecule has 9 heteroatoms. The van der Waals surface area contributed by atoms with Gasteiger partial charge in [-0.2, -0.15) is 0 Å². The molecule has 4 unspecified atom stereocenters. The first-order valence-corrected chi connectivity index (χ1v) is 26.0. The van der Waals surface area contributed by atoms with Gasteiger partial charge in [-0.3, -0.25) is 9.78 Å². The molecule has 6 rings (SSSR count). The van der Waals surface area contributed by atoms with Crippen LogP contribution in [0.4, 0.5) is 11.4 Å². The number of anilines is 2. The van der Waals surface area contributed by atoms with E-state index in [1.807, 2.05) is 24.3 Å². The highest BCUT2D eigenvalue weighted by atomic mass is 16.5. The number of carbonyl (C=O) groups excluding carboxylic acids is 1. The predicted molar refractivity (Wildman–Crippen MR) is 288 cm³/mol. The number of aliphatic hydroxyl groups excluding tert-OH is 1. The molecule has 0 amide bonds. The molecule has 2 N–H and O–H groups in total. The minimum Gasteiger partial charge on any atom is -0.493 e. The van der Waals surface area contributed by atoms with E-state index in [2.05, 4.69) is 126 Å². The number of rotatable bonds is 27. The second-order valence-corrected chi connectivity index (χ2v) is 19.6. The number of pyridine rings is 1. The molecule has 0 saturated heterocycles. The Kier molecular flexibility index (Phi) is 19.8. The summed E-state index contributed by atoms with van der Waals surface area (Å²) >= 11 is 0. The van der Waals surface area contributed by atoms with Crippen LogP contribution >= 0.6 is 0 Å². The van der Waals surface area contributed by atoms with Gasteiger partial charge in [0.1, 0.15) is 19.4 Å². The van der Waals surface area contributed by atoms with Gasteiger partial charge in [0.2, 0.25) is 0 Å². The number of methoxy groups -OCH3 is 2. The molecule has 9 nitrogen and oxygen atoms in total. The Morgan fingerprint density at radius 2 is 1.27 bits per heavy atom. The third-order valence-corrected chi connectivity index (χ3v) is 14.6. The van der Waals surface area contributed by atoms with Crippen LogP contribution in [-0.2, 0) is 38.9 Å². The minimum atomic E-state index is -0.756. The fourth-order valence-corrected chi connectivity index (χ4v) is 10.1. The molecule has 4 aromatic carbocycles. The monoisotopic (exact) mass is 952 g/mol. The van der Waals surface area contributed by atoms with Crippen LogP contribution in [0.1, 0.15) is 150 Å². The third-order valence-electron chi connectivity index (χ3n) is 14.6. The second-order valence-electron chi connectivity index (χ2n) is 19.6. The highest BCUT2D eigenvalue weighted by molar-refractivity contribution is 6.00. The quantitative estimate of drug-likeness (QED) is 0.0393. The van der Waals surface area contributed by atoms with E-state index >= 15 is 0 Å². The van der Waals surface area contributed by atoms with E-state index in [1.54, 1.807) is 27.2 Å². The molecule has 1 aliphatic rings. The van der Waals surface area contributed by atoms with E-state index in [4.69, 9.17) is 23.9 Å². The van der Waals surface area contributed by atoms with E-state index in [1.165, 1.54) is 39.8 Å². The van der Waals surface area contributed by atoms with Gasteiger partial charge in [-0.1, -0.05) is 108 Å². The SMILES string of the molecule is CCCC(CNc1cc(OCc2cccc(COc3cc(N(C(C)C)C(O)C(Cc4ccccc4CC)C(C)CC)c(C(C)=C4CCC4)cc3OC)n2)c(OC)cc1C(C)=O)Cc1ccccc1CC. The maximum atomic E-state index is 13.0. The Morgan fingerprint density at radius 3 is 1.77 bits per heavy atom. The largest absolute Gasteiger partial charge is 0.493 e. The zero-order valence-corrected chi connectivity index (χ0v) is 44.1. The van der Waals surface area contributed by atoms with Crippen molar-refractivity contribution in [3.05, 3.63) is 141 Å². The highest BCUT2D eigenvalue weighted by Gasteiger charge is 2.34. The first-order chi connectivity index (χ1) is 33.8. The standard InChI is InChI=1S/C61H81N3O6/c1-12-22-44(31-48-25-18-16-23-45(48)14-3)37-62-55-35-59(58(68-11)34-54(55)43(9)65)69-38-50-29-21-30-51(63-50)39-70-60-36-56(53(33-57(60)67-10)42(8)47-27-20-28-47)64(40(5)6)61(66)52(41(7)13-2)32-49-26-19-17-24-46(49)15-4/h16-19,21,23-26,29-30,33-36,40-41,44,52,61-62,66H,12-15,20,22,27-28,31-32,37-39H2,1-11H3. The van der Waals surface area contributed by atoms with Gasteiger partial charge in [-0.05, 0) is 143 Å². The number of carbonyl (C=O) groups is 1. The van der Waals surface area contributed by atoms with Crippen molar-refractivity contribution in [1.82, 2.24) is 4.98 Å². The number of ketones is 1. The Balaban J connectivity index is 1.24. The molecule has 0 bridgehead atoms. The number of aliphatic hydroxyl groups is 1. The maximum absolute atomic E-state index is 13.0. The number of hydrogen-bond donors (Lipinski definition) is 2. The fourth-order valence-electron chi connectivity index (χ4n) is 10.1. The summed E-state index contributed by atoms with van der Waals surface area (Å²) in [5.74, 6) is 2.80. The molecule has 1 fully saturated rings. The van der Waals surface area contributed by atoms with E-state index in [-0.39, 0.29) is 36.9 Å². The number of Topliss-reactive ketones (excluding diaryl/α,β-unsaturated/α-hetero) is 1. The van der Waals surface area contributed by atoms with Crippen molar-refractivity contribution in [2.45, 2.75) is 152 Å². The Bertz CT molecular complexity index is 2530. The Hall–Kier alpha value is -5.80. The molecule has 70 heavy (non-hydrogen) atoms. The van der Waals surface area contributed by atoms with Crippen LogP contribution < -0.4 is 29.2 Å². The highest BCUT2D eigenvalue weighted by Crippen LogP contribution is 2.45. The van der Waals surface area contributed by atoms with Crippen LogP contribution in [-0.4, -0.2) is 48.9 Å². The van der Waals surface area contributed by atoms with Gasteiger partial charge in [-0.25, -0.2) is 0 Å². The maximum Gasteiger partial charge on any atom is 0.163 e. The summed E-state index contributed by atoms with van der Waals surface area (Å²) in [5.41, 5.74) is 12.8. The summed E-state index contributed by atoms with van der Waals surface area (Å²) in [6.07, 6.45) is 9.39. The van der Waals surface area contributed by atoms with Crippen molar-refractivity contribution in [3.63, 3.8) is 0 Å². The number of allylic oxidation sites excluding steroid dienone is 2. The smallest absolute Gasteiger partial charge is 0.163 e. The molecule has 1 aromatic heterocycles. The van der Waals surface area contributed by atoms with E-state index in [0.29, 0.717) is 40.2 Å². The lowest BCUT2D eigenvalue weighted by Gasteiger charge is -2.42. The van der Waals surface area contributed by atoms with Crippen molar-refractivity contribution in [3.8, 4) is 23.0 Å². The van der Waals surface area contributed by atoms with Crippen LogP contribution in [0.25, 0.3) is 5.57 Å². The summed E-state index contributed by atoms with van der Waals surface area (Å²) in [6, 6.07) is 31.0. The van der Waals surface area contributed by atoms with Gasteiger partial charge in [0.25, 0.3) is 0 Å². The second kappa shape index (κ2) is 25.9. The summed E-state index contributed by atoms with van der Waals surface area (Å²) in [7, 11) is 3.27. The number of nitrogens with one attached hydrogen (secondary N) is 1. The van der Waals surface area contributed by atoms with Crippen LogP contribution in [0.3, 0.4) is 0 Å². The topological polar surface area (TPSA) is 102 Å². The van der Waals surface area contributed by atoms with Crippen molar-refractivity contribution >= 4 is 22.7 Å². The average molecular weight is 952 g/mol. The van der Waals surface area contributed by atoms with Crippen molar-refractivity contribution in [1.29, 1.82) is 0 Å². The van der Waals surface area contributed by atoms with E-state index < -0.39 is 6.23 Å². The molecule has 1 heterocycles. The summed E-state index contributed by atoms with van der Waals surface area (Å²) in [6.45, 7) is 20.3. The zero-order chi connectivity index (χ0) is 50.3. The molecule has 4 atom stereocenters. The van der Waals surface area contributed by atoms with Gasteiger partial charge in [0.15, 0.2) is 28.8 Å². The van der Waals surface area contributed by atoms with Crippen molar-refractivity contribution in [2.24, 2.45) is 17.8 Å². The van der Waals surface area contributed by atoms with Crippen LogP contribution in [0, 0.1) is 17.8 Å². The Labute approximate surface area is 420 Å². The lowest BCUT2D eigenvalue weighted by molar-refractivity contribution is 0.0663. The van der Waals surface area contributed by atoms with E-state index in [9.17, 15) is 9.90 Å². The van der Waals surface area contributed by atoms with Gasteiger partial charge in [0, 0.05) is 47.5 Å². The molecule has 376 valence electrons. The first kappa shape index (κ1) is 53.5. The third kappa shape index (κ3) is 13.3. The fraction of sp³-hybridized carbons (Fsp3) is 0.475. The normalized spacial score (nSPS) is 14.0. The predicted octanol–water partition coefficient (Wildman–Crippen LogP) is 14.1. The lowest BCUT2D eigenvalue weighted by atomic mass is 9.82. The first-order valence-electron chi connectivity index (χ1n) is 26.0. The summed E-state index contributed by atoms with van der Waals surface area (Å²) < 4.78 is 24.9. The van der Waals surface area contributed by atoms with Gasteiger partial charge < -0.3 is 34.3 Å². The van der Waals surface area contributed by atoms with Crippen molar-refractivity contribution < 1.29 is 28.8 Å². The summed E-state index contributed by atoms with van der Waals surface area (Å²) in [5, 5.41) is 16.4. The number of ether oxygens (including phenoxy) is 4. The molecule has 1 aliphatic carbocycles. The van der Waals surface area contributed by atoms with Gasteiger partial charge in [-0.15, -0.1) is 0 Å². The molecular weight excluding hydrogens is 871 g/mol. The van der Waals surface area contributed by atoms with Crippen LogP contribution in [0.5, 0.6) is 23.0 Å². The number of benzene rings is 4. The van der Waals surface area contributed by atoms with Gasteiger partial charge >= 0.3 is 0 Å². The minimum absolute atomic E-state index is 0.0163. The number of aryl methyl sites for hydroxylation is 2. The molecule has 1 saturated carbocycles. The summed E-state index contributed by atoms with van der Waals surface area (Å²) in [4.78, 5) is 20.1.